The van der Waals surface area contributed by atoms with Gasteiger partial charge in [0, 0.05) is 17.4 Å². The average molecular weight is 756 g/mol. The molecule has 1 saturated heterocycles. The number of nitrogens with one attached hydrogen (secondary N) is 1. The van der Waals surface area contributed by atoms with E-state index in [0.29, 0.717) is 73.8 Å². The van der Waals surface area contributed by atoms with E-state index < -0.39 is 35.7 Å². The highest BCUT2D eigenvalue weighted by molar-refractivity contribution is 6.29. The summed E-state index contributed by atoms with van der Waals surface area (Å²) in [4.78, 5) is 28.6. The Hall–Kier alpha value is -6.28. The van der Waals surface area contributed by atoms with Gasteiger partial charge in [-0.1, -0.05) is 12.1 Å². The smallest absolute Gasteiger partial charge is 0.310 e. The fourth-order valence-electron chi connectivity index (χ4n) is 7.67. The summed E-state index contributed by atoms with van der Waals surface area (Å²) < 4.78 is 56.8. The van der Waals surface area contributed by atoms with Crippen molar-refractivity contribution in [3.8, 4) is 51.7 Å². The first kappa shape index (κ1) is 37.1. The number of anilines is 1. The van der Waals surface area contributed by atoms with Gasteiger partial charge >= 0.3 is 5.97 Å². The van der Waals surface area contributed by atoms with Crippen LogP contribution >= 0.6 is 0 Å². The largest absolute Gasteiger partial charge is 0.497 e. The Labute approximate surface area is 317 Å². The first-order chi connectivity index (χ1) is 26.7. The molecule has 0 aromatic heterocycles. The van der Waals surface area contributed by atoms with E-state index in [4.69, 9.17) is 47.4 Å². The van der Waals surface area contributed by atoms with Crippen LogP contribution in [0.1, 0.15) is 39.8 Å². The molecule has 0 saturated carbocycles. The molecule has 7 rings (SSSR count). The maximum atomic E-state index is 15.0. The Morgan fingerprint density at radius 1 is 0.782 bits per heavy atom. The summed E-state index contributed by atoms with van der Waals surface area (Å²) in [6.07, 6.45) is 0.540. The number of carbonyl (C=O) groups excluding carboxylic acids is 2. The van der Waals surface area contributed by atoms with Gasteiger partial charge in [0.05, 0.1) is 74.1 Å². The molecule has 14 heteroatoms. The highest BCUT2D eigenvalue weighted by Crippen LogP contribution is 2.59. The normalized spacial score (nSPS) is 19.4. The van der Waals surface area contributed by atoms with Gasteiger partial charge in [0.25, 0.3) is 5.91 Å². The highest BCUT2D eigenvalue weighted by Gasteiger charge is 2.53. The van der Waals surface area contributed by atoms with Crippen LogP contribution in [0.15, 0.2) is 54.6 Å². The van der Waals surface area contributed by atoms with E-state index in [-0.39, 0.29) is 30.4 Å². The molecule has 0 spiro atoms. The molecule has 0 unspecified atom stereocenters. The first-order valence-electron chi connectivity index (χ1n) is 17.3. The van der Waals surface area contributed by atoms with Gasteiger partial charge in [-0.2, -0.15) is 0 Å². The Balaban J connectivity index is 1.46. The third-order valence-electron chi connectivity index (χ3n) is 10.2. The molecule has 2 heterocycles. The molecule has 4 aromatic rings. The summed E-state index contributed by atoms with van der Waals surface area (Å²) in [6.45, 7) is -0.143. The van der Waals surface area contributed by atoms with Crippen LogP contribution in [-0.2, 0) is 14.3 Å². The fourth-order valence-corrected chi connectivity index (χ4v) is 7.67. The number of fused-ring (bicyclic) bond motifs is 3. The Morgan fingerprint density at radius 2 is 1.42 bits per heavy atom. The second-order valence-corrected chi connectivity index (χ2v) is 12.9. The first-order valence-corrected chi connectivity index (χ1v) is 17.3. The second kappa shape index (κ2) is 15.2. The van der Waals surface area contributed by atoms with E-state index in [1.807, 2.05) is 12.1 Å². The highest BCUT2D eigenvalue weighted by atomic mass is 16.7. The van der Waals surface area contributed by atoms with Crippen LogP contribution in [0.3, 0.4) is 0 Å². The number of hydrogen-bond acceptors (Lipinski definition) is 13. The van der Waals surface area contributed by atoms with Crippen LogP contribution in [0.5, 0.6) is 51.7 Å². The zero-order chi connectivity index (χ0) is 39.0. The lowest BCUT2D eigenvalue weighted by atomic mass is 9.65. The number of hydrogen-bond donors (Lipinski definition) is 2. The summed E-state index contributed by atoms with van der Waals surface area (Å²) in [7, 11) is 10.5. The number of rotatable bonds is 12. The second-order valence-electron chi connectivity index (χ2n) is 12.9. The van der Waals surface area contributed by atoms with Crippen LogP contribution in [-0.4, -0.2) is 80.2 Å². The van der Waals surface area contributed by atoms with Gasteiger partial charge in [-0.15, -0.1) is 0 Å². The SMILES string of the molecule is COc1cccc(/C=C(/C(=O)Nc2c3c(cc4c2[C@@H](c2cc(OC)c(OC)c(OC)c2)[C@H]2C(=O)OC[C@@H]2[C@H]4O)OCO3)c2cc(OC)c(OC)c(OC)c2)c1. The van der Waals surface area contributed by atoms with Crippen molar-refractivity contribution in [2.75, 3.05) is 68.5 Å². The molecule has 55 heavy (non-hydrogen) atoms. The van der Waals surface area contributed by atoms with Crippen molar-refractivity contribution in [2.45, 2.75) is 12.0 Å². The molecular weight excluding hydrogens is 714 g/mol. The van der Waals surface area contributed by atoms with Crippen LogP contribution in [0.4, 0.5) is 5.69 Å². The van der Waals surface area contributed by atoms with Crippen molar-refractivity contribution >= 4 is 29.2 Å². The molecule has 2 N–H and O–H groups in total. The van der Waals surface area contributed by atoms with Gasteiger partial charge in [0.15, 0.2) is 34.5 Å². The summed E-state index contributed by atoms with van der Waals surface area (Å²) in [5.41, 5.74) is 2.93. The summed E-state index contributed by atoms with van der Waals surface area (Å²) in [5, 5.41) is 15.0. The standard InChI is InChI=1S/C41H41NO13/c1-46-23-10-8-9-20(11-23)12-24(21-13-27(47-2)37(51-6)28(14-21)48-3)40(44)42-35-33-25(17-31-39(35)55-19-54-31)36(43)26-18-53-41(45)34(26)32(33)22-15-29(49-4)38(52-7)30(16-22)50-5/h8-17,26,32,34,36,43H,18-19H2,1-7H3,(H,42,44)/b24-12+/t26-,32+,34-,36-/m0/s1. The number of benzene rings is 4. The van der Waals surface area contributed by atoms with Crippen molar-refractivity contribution in [1.29, 1.82) is 0 Å². The van der Waals surface area contributed by atoms with E-state index >= 15 is 0 Å². The predicted octanol–water partition coefficient (Wildman–Crippen LogP) is 5.62. The van der Waals surface area contributed by atoms with Gasteiger partial charge in [0.1, 0.15) is 5.75 Å². The fraction of sp³-hybridized carbons (Fsp3) is 0.317. The Morgan fingerprint density at radius 3 is 2.02 bits per heavy atom. The molecule has 2 aliphatic heterocycles. The van der Waals surface area contributed by atoms with E-state index in [2.05, 4.69) is 5.32 Å². The molecule has 3 aliphatic rings. The third-order valence-corrected chi connectivity index (χ3v) is 10.2. The molecule has 4 atom stereocenters. The van der Waals surface area contributed by atoms with Crippen molar-refractivity contribution in [3.05, 3.63) is 82.4 Å². The van der Waals surface area contributed by atoms with Crippen LogP contribution < -0.4 is 47.9 Å². The molecule has 0 bridgehead atoms. The van der Waals surface area contributed by atoms with Gasteiger partial charge in [-0.25, -0.2) is 0 Å². The van der Waals surface area contributed by atoms with E-state index in [1.165, 1.54) is 42.7 Å². The number of carbonyl (C=O) groups is 2. The van der Waals surface area contributed by atoms with Crippen molar-refractivity contribution in [1.82, 2.24) is 0 Å². The van der Waals surface area contributed by atoms with Crippen molar-refractivity contribution < 1.29 is 62.1 Å². The molecule has 288 valence electrons. The number of esters is 1. The molecule has 1 amide bonds. The molecule has 1 aliphatic carbocycles. The minimum absolute atomic E-state index is 0.00424. The van der Waals surface area contributed by atoms with Gasteiger partial charge in [-0.3, -0.25) is 9.59 Å². The summed E-state index contributed by atoms with van der Waals surface area (Å²) in [6, 6.07) is 15.7. The lowest BCUT2D eigenvalue weighted by Crippen LogP contribution is -2.35. The van der Waals surface area contributed by atoms with Crippen molar-refractivity contribution in [3.63, 3.8) is 0 Å². The predicted molar refractivity (Wildman–Crippen MR) is 199 cm³/mol. The molecule has 0 radical (unpaired) electrons. The van der Waals surface area contributed by atoms with E-state index in [0.717, 1.165) is 0 Å². The Bertz CT molecular complexity index is 2130. The van der Waals surface area contributed by atoms with Crippen LogP contribution in [0.2, 0.25) is 0 Å². The zero-order valence-corrected chi connectivity index (χ0v) is 31.3. The maximum absolute atomic E-state index is 15.0. The number of aliphatic hydroxyl groups excluding tert-OH is 1. The lowest BCUT2D eigenvalue weighted by molar-refractivity contribution is -0.141. The number of methoxy groups -OCH3 is 7. The van der Waals surface area contributed by atoms with Gasteiger partial charge < -0.3 is 57.8 Å². The minimum Gasteiger partial charge on any atom is -0.497 e. The number of aliphatic hydroxyl groups is 1. The van der Waals surface area contributed by atoms with E-state index in [9.17, 15) is 14.7 Å². The minimum atomic E-state index is -1.16. The quantitative estimate of drug-likeness (QED) is 0.104. The maximum Gasteiger partial charge on any atom is 0.310 e. The molecule has 14 nitrogen and oxygen atoms in total. The van der Waals surface area contributed by atoms with E-state index in [1.54, 1.807) is 55.7 Å². The monoisotopic (exact) mass is 755 g/mol. The molecule has 1 fully saturated rings. The van der Waals surface area contributed by atoms with Gasteiger partial charge in [-0.05, 0) is 76.4 Å². The Kier molecular flexibility index (Phi) is 10.3. The zero-order valence-electron chi connectivity index (χ0n) is 31.3. The van der Waals surface area contributed by atoms with Crippen molar-refractivity contribution in [2.24, 2.45) is 11.8 Å². The molecular formula is C41H41NO13. The third kappa shape index (κ3) is 6.41. The number of ether oxygens (including phenoxy) is 10. The number of amides is 1. The summed E-state index contributed by atoms with van der Waals surface area (Å²) in [5.74, 6) is -0.158. The van der Waals surface area contributed by atoms with Crippen LogP contribution in [0.25, 0.3) is 11.6 Å². The number of cyclic esters (lactones) is 1. The lowest BCUT2D eigenvalue weighted by Gasteiger charge is -2.38. The van der Waals surface area contributed by atoms with Gasteiger partial charge in [0.2, 0.25) is 18.3 Å². The summed E-state index contributed by atoms with van der Waals surface area (Å²) >= 11 is 0. The topological polar surface area (TPSA) is 159 Å². The average Bonchev–Trinajstić information content (AvgIpc) is 3.85. The van der Waals surface area contributed by atoms with Crippen LogP contribution in [0, 0.1) is 11.8 Å². The molecule has 4 aromatic carbocycles.